The fourth-order valence-electron chi connectivity index (χ4n) is 4.86. The van der Waals surface area contributed by atoms with E-state index in [-0.39, 0.29) is 23.8 Å². The molecule has 1 fully saturated rings. The molecular formula is C25H35N5O3. The van der Waals surface area contributed by atoms with Crippen LogP contribution >= 0.6 is 0 Å². The summed E-state index contributed by atoms with van der Waals surface area (Å²) < 4.78 is 7.51. The van der Waals surface area contributed by atoms with E-state index >= 15 is 0 Å². The van der Waals surface area contributed by atoms with Gasteiger partial charge in [0.1, 0.15) is 5.82 Å². The number of amides is 2. The average molecular weight is 454 g/mol. The van der Waals surface area contributed by atoms with Crippen LogP contribution in [-0.4, -0.2) is 57.8 Å². The Morgan fingerprint density at radius 2 is 1.88 bits per heavy atom. The topological polar surface area (TPSA) is 89.4 Å². The van der Waals surface area contributed by atoms with Gasteiger partial charge in [0.25, 0.3) is 5.91 Å². The molecule has 8 heteroatoms. The highest BCUT2D eigenvalue weighted by Gasteiger charge is 2.31. The molecule has 0 spiro atoms. The molecule has 2 atom stereocenters. The molecule has 0 unspecified atom stereocenters. The summed E-state index contributed by atoms with van der Waals surface area (Å²) in [7, 11) is 0. The van der Waals surface area contributed by atoms with Gasteiger partial charge in [-0.2, -0.15) is 0 Å². The summed E-state index contributed by atoms with van der Waals surface area (Å²) in [5, 5.41) is 12.2. The summed E-state index contributed by atoms with van der Waals surface area (Å²) in [5.74, 6) is 2.06. The van der Waals surface area contributed by atoms with Gasteiger partial charge < -0.3 is 19.5 Å². The van der Waals surface area contributed by atoms with Crippen molar-refractivity contribution >= 4 is 11.8 Å². The fourth-order valence-corrected chi connectivity index (χ4v) is 4.86. The van der Waals surface area contributed by atoms with Crippen LogP contribution in [0.3, 0.4) is 0 Å². The molecular weight excluding hydrogens is 418 g/mol. The van der Waals surface area contributed by atoms with Gasteiger partial charge >= 0.3 is 0 Å². The van der Waals surface area contributed by atoms with Gasteiger partial charge in [0, 0.05) is 38.2 Å². The number of benzene rings is 1. The van der Waals surface area contributed by atoms with E-state index in [4.69, 9.17) is 4.74 Å². The second kappa shape index (κ2) is 10.0. The van der Waals surface area contributed by atoms with Crippen LogP contribution in [0.25, 0.3) is 0 Å². The monoisotopic (exact) mass is 453 g/mol. The maximum Gasteiger partial charge on any atom is 0.251 e. The Bertz CT molecular complexity index is 989. The van der Waals surface area contributed by atoms with Gasteiger partial charge in [-0.25, -0.2) is 0 Å². The lowest BCUT2D eigenvalue weighted by Crippen LogP contribution is -2.38. The molecule has 0 saturated carbocycles. The minimum Gasteiger partial charge on any atom is -0.381 e. The maximum atomic E-state index is 13.1. The van der Waals surface area contributed by atoms with Crippen LogP contribution in [0.15, 0.2) is 18.2 Å². The zero-order chi connectivity index (χ0) is 23.5. The van der Waals surface area contributed by atoms with Crippen molar-refractivity contribution in [1.82, 2.24) is 25.0 Å². The molecule has 0 bridgehead atoms. The second-order valence-electron chi connectivity index (χ2n) is 9.79. The largest absolute Gasteiger partial charge is 0.381 e. The van der Waals surface area contributed by atoms with Crippen LogP contribution in [0.5, 0.6) is 0 Å². The summed E-state index contributed by atoms with van der Waals surface area (Å²) in [6, 6.07) is 5.64. The van der Waals surface area contributed by atoms with E-state index in [2.05, 4.69) is 40.0 Å². The maximum absolute atomic E-state index is 13.1. The summed E-state index contributed by atoms with van der Waals surface area (Å²) in [6.07, 6.45) is 2.22. The number of nitrogens with zero attached hydrogens (tertiary/aromatic N) is 4. The quantitative estimate of drug-likeness (QED) is 0.727. The number of fused-ring (bicyclic) bond motifs is 1. The number of ether oxygens (including phenoxy) is 1. The molecule has 1 aromatic carbocycles. The van der Waals surface area contributed by atoms with Gasteiger partial charge in [-0.05, 0) is 44.7 Å². The predicted molar refractivity (Wildman–Crippen MR) is 125 cm³/mol. The molecule has 1 aromatic heterocycles. The number of carbonyl (C=O) groups is 2. The molecule has 178 valence electrons. The third-order valence-electron chi connectivity index (χ3n) is 6.45. The highest BCUT2D eigenvalue weighted by molar-refractivity contribution is 5.94. The molecule has 2 aromatic rings. The van der Waals surface area contributed by atoms with Gasteiger partial charge in [0.2, 0.25) is 5.91 Å². The molecule has 1 saturated heterocycles. The third kappa shape index (κ3) is 5.43. The molecule has 2 amide bonds. The Morgan fingerprint density at radius 3 is 2.55 bits per heavy atom. The molecule has 4 rings (SSSR count). The number of aryl methyl sites for hydroxylation is 2. The zero-order valence-corrected chi connectivity index (χ0v) is 20.1. The van der Waals surface area contributed by atoms with E-state index in [0.717, 1.165) is 35.6 Å². The molecule has 0 aliphatic carbocycles. The molecule has 2 aliphatic rings. The Morgan fingerprint density at radius 1 is 1.12 bits per heavy atom. The van der Waals surface area contributed by atoms with Gasteiger partial charge in [-0.3, -0.25) is 9.59 Å². The summed E-state index contributed by atoms with van der Waals surface area (Å²) >= 11 is 0. The molecule has 1 N–H and O–H groups in total. The molecule has 8 nitrogen and oxygen atoms in total. The highest BCUT2D eigenvalue weighted by atomic mass is 16.5. The van der Waals surface area contributed by atoms with Crippen molar-refractivity contribution in [2.75, 3.05) is 26.3 Å². The van der Waals surface area contributed by atoms with Crippen molar-refractivity contribution in [3.8, 4) is 0 Å². The van der Waals surface area contributed by atoms with Gasteiger partial charge in [-0.1, -0.05) is 31.0 Å². The van der Waals surface area contributed by atoms with Crippen LogP contribution < -0.4 is 5.32 Å². The number of hydrogen-bond donors (Lipinski definition) is 1. The second-order valence-corrected chi connectivity index (χ2v) is 9.79. The van der Waals surface area contributed by atoms with Crippen LogP contribution in [0, 0.1) is 25.7 Å². The smallest absolute Gasteiger partial charge is 0.251 e. The zero-order valence-electron chi connectivity index (χ0n) is 20.1. The van der Waals surface area contributed by atoms with E-state index in [0.29, 0.717) is 50.8 Å². The lowest BCUT2D eigenvalue weighted by atomic mass is 10.0. The number of carbonyl (C=O) groups excluding carboxylic acids is 2. The number of nitrogens with one attached hydrogen (secondary N) is 1. The van der Waals surface area contributed by atoms with Gasteiger partial charge in [0.05, 0.1) is 18.6 Å². The minimum absolute atomic E-state index is 0.0289. The van der Waals surface area contributed by atoms with Crippen LogP contribution in [0.1, 0.15) is 65.9 Å². The van der Waals surface area contributed by atoms with Crippen LogP contribution in [0.4, 0.5) is 0 Å². The first-order valence-corrected chi connectivity index (χ1v) is 12.0. The molecule has 0 radical (unpaired) electrons. The Hall–Kier alpha value is -2.74. The standard InChI is InChI=1S/C25H35N5O3/c1-16(2)11-21(26-24(31)20-13-17(3)12-18(4)14-20)23-28-27-22-5-7-29(8-9-30(22)23)25(32)19-6-10-33-15-19/h12-14,16,19,21H,5-11,15H2,1-4H3,(H,26,31)/t19-,21+/m0/s1. The van der Waals surface area contributed by atoms with E-state index in [1.807, 2.05) is 30.9 Å². The van der Waals surface area contributed by atoms with Crippen LogP contribution in [0.2, 0.25) is 0 Å². The van der Waals surface area contributed by atoms with Gasteiger partial charge in [-0.15, -0.1) is 10.2 Å². The van der Waals surface area contributed by atoms with Crippen molar-refractivity contribution in [2.45, 2.75) is 59.5 Å². The van der Waals surface area contributed by atoms with Gasteiger partial charge in [0.15, 0.2) is 5.82 Å². The van der Waals surface area contributed by atoms with Crippen LogP contribution in [-0.2, 0) is 22.5 Å². The molecule has 3 heterocycles. The average Bonchev–Trinajstić information content (AvgIpc) is 3.38. The summed E-state index contributed by atoms with van der Waals surface area (Å²) in [5.41, 5.74) is 2.79. The van der Waals surface area contributed by atoms with E-state index < -0.39 is 0 Å². The molecule has 2 aliphatic heterocycles. The highest BCUT2D eigenvalue weighted by Crippen LogP contribution is 2.24. The fraction of sp³-hybridized carbons (Fsp3) is 0.600. The first kappa shape index (κ1) is 23.4. The van der Waals surface area contributed by atoms with E-state index in [1.54, 1.807) is 0 Å². The summed E-state index contributed by atoms with van der Waals surface area (Å²) in [6.45, 7) is 11.3. The lowest BCUT2D eigenvalue weighted by molar-refractivity contribution is -0.135. The van der Waals surface area contributed by atoms with Crippen molar-refractivity contribution < 1.29 is 14.3 Å². The lowest BCUT2D eigenvalue weighted by Gasteiger charge is -2.24. The normalized spacial score (nSPS) is 19.3. The first-order chi connectivity index (χ1) is 15.8. The number of aromatic nitrogens is 3. The van der Waals surface area contributed by atoms with E-state index in [1.165, 1.54) is 0 Å². The Balaban J connectivity index is 1.52. The minimum atomic E-state index is -0.245. The van der Waals surface area contributed by atoms with Crippen molar-refractivity contribution in [3.05, 3.63) is 46.5 Å². The Kier molecular flexibility index (Phi) is 7.12. The van der Waals surface area contributed by atoms with Crippen molar-refractivity contribution in [1.29, 1.82) is 0 Å². The predicted octanol–water partition coefficient (Wildman–Crippen LogP) is 2.83. The number of rotatable bonds is 6. The molecule has 33 heavy (non-hydrogen) atoms. The number of hydrogen-bond acceptors (Lipinski definition) is 5. The Labute approximate surface area is 195 Å². The van der Waals surface area contributed by atoms with Crippen molar-refractivity contribution in [3.63, 3.8) is 0 Å². The first-order valence-electron chi connectivity index (χ1n) is 12.0. The SMILES string of the molecule is Cc1cc(C)cc(C(=O)N[C@H](CC(C)C)c2nnc3n2CCN(C(=O)[C@H]2CCOC2)CC3)c1. The van der Waals surface area contributed by atoms with Crippen molar-refractivity contribution in [2.24, 2.45) is 11.8 Å². The van der Waals surface area contributed by atoms with E-state index in [9.17, 15) is 9.59 Å². The third-order valence-corrected chi connectivity index (χ3v) is 6.45. The summed E-state index contributed by atoms with van der Waals surface area (Å²) in [4.78, 5) is 28.0.